The van der Waals surface area contributed by atoms with E-state index in [0.29, 0.717) is 5.95 Å². The average molecular weight is 318 g/mol. The van der Waals surface area contributed by atoms with Crippen LogP contribution in [0.2, 0.25) is 0 Å². The van der Waals surface area contributed by atoms with Crippen LogP contribution in [0.25, 0.3) is 11.0 Å². The second-order valence-electron chi connectivity index (χ2n) is 5.06. The number of hydrogen-bond donors (Lipinski definition) is 2. The van der Waals surface area contributed by atoms with Gasteiger partial charge in [-0.05, 0) is 30.7 Å². The molecule has 0 unspecified atom stereocenters. The number of fused-ring (bicyclic) bond motifs is 1. The predicted octanol–water partition coefficient (Wildman–Crippen LogP) is 4.34. The topological polar surface area (TPSA) is 53.1 Å². The van der Waals surface area contributed by atoms with Crippen LogP contribution in [0.1, 0.15) is 16.7 Å². The minimum absolute atomic E-state index is 0.0144. The number of nitrogens with zero attached hydrogens (tertiary/aromatic N) is 2. The summed E-state index contributed by atoms with van der Waals surface area (Å²) in [6.07, 6.45) is -3.29. The first-order valence-corrected chi connectivity index (χ1v) is 6.85. The third kappa shape index (κ3) is 3.33. The number of hydrogen-bond acceptors (Lipinski definition) is 3. The third-order valence-corrected chi connectivity index (χ3v) is 3.28. The van der Waals surface area contributed by atoms with Crippen LogP contribution in [0.5, 0.6) is 0 Å². The number of rotatable bonds is 3. The summed E-state index contributed by atoms with van der Waals surface area (Å²) in [5.74, 6) is 0.367. The van der Waals surface area contributed by atoms with Crippen molar-refractivity contribution in [3.05, 3.63) is 59.2 Å². The molecule has 2 N–H and O–H groups in total. The van der Waals surface area contributed by atoms with Crippen LogP contribution in [0, 0.1) is 6.92 Å². The Morgan fingerprint density at radius 2 is 1.96 bits per heavy atom. The van der Waals surface area contributed by atoms with Crippen molar-refractivity contribution < 1.29 is 13.2 Å². The molecule has 4 nitrogen and oxygen atoms in total. The van der Waals surface area contributed by atoms with Crippen LogP contribution in [0.4, 0.5) is 19.1 Å². The first-order chi connectivity index (χ1) is 10.9. The molecule has 7 heteroatoms. The van der Waals surface area contributed by atoms with Crippen LogP contribution < -0.4 is 5.43 Å². The van der Waals surface area contributed by atoms with Gasteiger partial charge in [0.1, 0.15) is 0 Å². The van der Waals surface area contributed by atoms with E-state index in [1.807, 2.05) is 25.1 Å². The molecule has 3 rings (SSSR count). The van der Waals surface area contributed by atoms with Crippen molar-refractivity contribution in [1.29, 1.82) is 0 Å². The van der Waals surface area contributed by atoms with Crippen molar-refractivity contribution >= 4 is 23.2 Å². The van der Waals surface area contributed by atoms with Crippen LogP contribution in [0.3, 0.4) is 0 Å². The van der Waals surface area contributed by atoms with Gasteiger partial charge in [-0.1, -0.05) is 24.3 Å². The molecule has 118 valence electrons. The minimum atomic E-state index is -4.42. The summed E-state index contributed by atoms with van der Waals surface area (Å²) >= 11 is 0. The Bertz CT molecular complexity index is 865. The summed E-state index contributed by atoms with van der Waals surface area (Å²) in [4.78, 5) is 7.26. The van der Waals surface area contributed by atoms with Crippen molar-refractivity contribution in [2.75, 3.05) is 5.43 Å². The van der Waals surface area contributed by atoms with E-state index in [2.05, 4.69) is 20.5 Å². The smallest absolute Gasteiger partial charge is 0.323 e. The first-order valence-electron chi connectivity index (χ1n) is 6.85. The Hall–Kier alpha value is -2.83. The highest BCUT2D eigenvalue weighted by Crippen LogP contribution is 2.31. The number of halogens is 3. The van der Waals surface area contributed by atoms with Gasteiger partial charge in [0, 0.05) is 5.56 Å². The largest absolute Gasteiger partial charge is 0.417 e. The summed E-state index contributed by atoms with van der Waals surface area (Å²) in [5.41, 5.74) is 4.54. The molecule has 0 aliphatic carbocycles. The fourth-order valence-electron chi connectivity index (χ4n) is 2.21. The van der Waals surface area contributed by atoms with Crippen molar-refractivity contribution in [2.24, 2.45) is 5.10 Å². The highest BCUT2D eigenvalue weighted by molar-refractivity contribution is 5.83. The molecule has 23 heavy (non-hydrogen) atoms. The molecule has 0 amide bonds. The Labute approximate surface area is 130 Å². The number of benzene rings is 2. The summed E-state index contributed by atoms with van der Waals surface area (Å²) < 4.78 is 38.6. The highest BCUT2D eigenvalue weighted by atomic mass is 19.4. The van der Waals surface area contributed by atoms with Gasteiger partial charge in [-0.3, -0.25) is 0 Å². The third-order valence-electron chi connectivity index (χ3n) is 3.28. The number of nitrogens with one attached hydrogen (secondary N) is 2. The van der Waals surface area contributed by atoms with E-state index in [4.69, 9.17) is 0 Å². The van der Waals surface area contributed by atoms with E-state index >= 15 is 0 Å². The maximum absolute atomic E-state index is 12.9. The molecule has 0 spiro atoms. The normalized spacial score (nSPS) is 12.2. The fraction of sp³-hybridized carbons (Fsp3) is 0.125. The lowest BCUT2D eigenvalue weighted by Gasteiger charge is -2.08. The molecule has 2 aromatic carbocycles. The number of alkyl halides is 3. The Kier molecular flexibility index (Phi) is 3.77. The van der Waals surface area contributed by atoms with Gasteiger partial charge in [-0.2, -0.15) is 18.3 Å². The Morgan fingerprint density at radius 1 is 1.17 bits per heavy atom. The monoisotopic (exact) mass is 318 g/mol. The van der Waals surface area contributed by atoms with E-state index in [0.717, 1.165) is 28.9 Å². The van der Waals surface area contributed by atoms with Gasteiger partial charge in [0.2, 0.25) is 5.95 Å². The fourth-order valence-corrected chi connectivity index (χ4v) is 2.21. The molecule has 0 saturated carbocycles. The summed E-state index contributed by atoms with van der Waals surface area (Å²) in [6.45, 7) is 1.96. The van der Waals surface area contributed by atoms with Crippen LogP contribution in [0.15, 0.2) is 47.6 Å². The van der Waals surface area contributed by atoms with Crippen LogP contribution in [-0.2, 0) is 6.18 Å². The molecule has 0 fully saturated rings. The molecule has 0 aliphatic rings. The Balaban J connectivity index is 1.81. The number of aromatic amines is 1. The number of hydrazone groups is 1. The second kappa shape index (κ2) is 5.75. The molecular formula is C16H13F3N4. The van der Waals surface area contributed by atoms with Gasteiger partial charge in [0.05, 0.1) is 22.8 Å². The van der Waals surface area contributed by atoms with Crippen LogP contribution in [-0.4, -0.2) is 16.2 Å². The lowest BCUT2D eigenvalue weighted by atomic mass is 10.1. The zero-order chi connectivity index (χ0) is 16.4. The molecule has 3 aromatic rings. The Morgan fingerprint density at radius 3 is 2.74 bits per heavy atom. The molecule has 1 aromatic heterocycles. The highest BCUT2D eigenvalue weighted by Gasteiger charge is 2.32. The van der Waals surface area contributed by atoms with E-state index in [-0.39, 0.29) is 5.56 Å². The molecule has 0 aliphatic heterocycles. The number of H-pyrrole nitrogens is 1. The quantitative estimate of drug-likeness (QED) is 0.557. The second-order valence-corrected chi connectivity index (χ2v) is 5.06. The zero-order valence-corrected chi connectivity index (χ0v) is 12.1. The number of aromatic nitrogens is 2. The minimum Gasteiger partial charge on any atom is -0.323 e. The van der Waals surface area contributed by atoms with Crippen molar-refractivity contribution in [2.45, 2.75) is 13.1 Å². The first kappa shape index (κ1) is 15.1. The number of imidazole rings is 1. The molecule has 0 radical (unpaired) electrons. The maximum atomic E-state index is 12.9. The van der Waals surface area contributed by atoms with E-state index in [9.17, 15) is 13.2 Å². The summed E-state index contributed by atoms with van der Waals surface area (Å²) in [5, 5.41) is 3.83. The number of aryl methyl sites for hydroxylation is 1. The van der Waals surface area contributed by atoms with E-state index in [1.54, 1.807) is 0 Å². The van der Waals surface area contributed by atoms with E-state index < -0.39 is 11.7 Å². The van der Waals surface area contributed by atoms with Crippen LogP contribution >= 0.6 is 0 Å². The molecule has 0 saturated heterocycles. The average Bonchev–Trinajstić information content (AvgIpc) is 2.88. The summed E-state index contributed by atoms with van der Waals surface area (Å²) in [7, 11) is 0. The van der Waals surface area contributed by atoms with Gasteiger partial charge in [-0.15, -0.1) is 0 Å². The lowest BCUT2D eigenvalue weighted by molar-refractivity contribution is -0.137. The zero-order valence-electron chi connectivity index (χ0n) is 12.1. The molecular weight excluding hydrogens is 305 g/mol. The van der Waals surface area contributed by atoms with Gasteiger partial charge in [0.25, 0.3) is 0 Å². The van der Waals surface area contributed by atoms with Gasteiger partial charge < -0.3 is 4.98 Å². The SMILES string of the molecule is Cc1ccc2nc(N/N=C\c3ccccc3C(F)(F)F)[nH]c2c1. The van der Waals surface area contributed by atoms with Crippen molar-refractivity contribution in [1.82, 2.24) is 9.97 Å². The van der Waals surface area contributed by atoms with Crippen molar-refractivity contribution in [3.63, 3.8) is 0 Å². The molecule has 0 atom stereocenters. The van der Waals surface area contributed by atoms with Gasteiger partial charge in [-0.25, -0.2) is 10.4 Å². The van der Waals surface area contributed by atoms with Gasteiger partial charge >= 0.3 is 6.18 Å². The van der Waals surface area contributed by atoms with Gasteiger partial charge in [0.15, 0.2) is 0 Å². The number of anilines is 1. The summed E-state index contributed by atoms with van der Waals surface area (Å²) in [6, 6.07) is 11.0. The van der Waals surface area contributed by atoms with E-state index in [1.165, 1.54) is 18.2 Å². The van der Waals surface area contributed by atoms with Crippen molar-refractivity contribution in [3.8, 4) is 0 Å². The molecule has 1 heterocycles. The standard InChI is InChI=1S/C16H13F3N4/c1-10-6-7-13-14(8-10)22-15(21-13)23-20-9-11-4-2-3-5-12(11)16(17,18)19/h2-9H,1H3,(H2,21,22,23)/b20-9-. The molecule has 0 bridgehead atoms. The predicted molar refractivity (Wildman–Crippen MR) is 83.5 cm³/mol. The lowest BCUT2D eigenvalue weighted by Crippen LogP contribution is -2.08. The maximum Gasteiger partial charge on any atom is 0.417 e.